The summed E-state index contributed by atoms with van der Waals surface area (Å²) in [6, 6.07) is 8.76. The van der Waals surface area contributed by atoms with Gasteiger partial charge in [0.05, 0.1) is 5.56 Å². The zero-order chi connectivity index (χ0) is 15.2. The number of aromatic nitrogens is 2. The van der Waals surface area contributed by atoms with Crippen LogP contribution in [0.4, 0.5) is 11.8 Å². The molecule has 0 spiro atoms. The van der Waals surface area contributed by atoms with Crippen LogP contribution in [0.2, 0.25) is 0 Å². The minimum Gasteiger partial charge on any atom is -0.478 e. The Morgan fingerprint density at radius 1 is 1.33 bits per heavy atom. The molecule has 2 aromatic rings. The van der Waals surface area contributed by atoms with E-state index in [0.717, 1.165) is 17.8 Å². The van der Waals surface area contributed by atoms with E-state index in [1.54, 1.807) is 30.5 Å². The molecule has 0 fully saturated rings. The van der Waals surface area contributed by atoms with E-state index in [2.05, 4.69) is 15.3 Å². The van der Waals surface area contributed by atoms with E-state index < -0.39 is 5.97 Å². The monoisotopic (exact) mass is 286 g/mol. The Bertz CT molecular complexity index is 629. The van der Waals surface area contributed by atoms with Gasteiger partial charge in [0.2, 0.25) is 5.95 Å². The number of hydrogen-bond donors (Lipinski definition) is 2. The first-order valence-electron chi connectivity index (χ1n) is 6.63. The Hall–Kier alpha value is -2.63. The number of carboxylic acids is 1. The van der Waals surface area contributed by atoms with Crippen LogP contribution < -0.4 is 10.2 Å². The summed E-state index contributed by atoms with van der Waals surface area (Å²) < 4.78 is 0. The van der Waals surface area contributed by atoms with Gasteiger partial charge in [0.15, 0.2) is 0 Å². The standard InChI is InChI=1S/C15H18N4O2/c1-19(2)15-17-9-7-13(18-15)16-8-6-11-4-3-5-12(10-11)14(20)21/h3-5,7,9-10H,6,8H2,1-2H3,(H,20,21)(H,16,17,18). The van der Waals surface area contributed by atoms with Crippen molar-refractivity contribution in [1.82, 2.24) is 9.97 Å². The maximum absolute atomic E-state index is 10.9. The second-order valence-electron chi connectivity index (χ2n) is 4.82. The van der Waals surface area contributed by atoms with Crippen molar-refractivity contribution in [2.75, 3.05) is 30.9 Å². The molecule has 0 saturated heterocycles. The highest BCUT2D eigenvalue weighted by Crippen LogP contribution is 2.09. The molecule has 21 heavy (non-hydrogen) atoms. The Kier molecular flexibility index (Phi) is 4.71. The van der Waals surface area contributed by atoms with Gasteiger partial charge in [0.1, 0.15) is 5.82 Å². The summed E-state index contributed by atoms with van der Waals surface area (Å²) in [4.78, 5) is 21.3. The average Bonchev–Trinajstić information content (AvgIpc) is 2.48. The summed E-state index contributed by atoms with van der Waals surface area (Å²) in [7, 11) is 3.77. The van der Waals surface area contributed by atoms with E-state index in [1.165, 1.54) is 0 Å². The van der Waals surface area contributed by atoms with Gasteiger partial charge in [-0.15, -0.1) is 0 Å². The molecule has 0 aliphatic heterocycles. The highest BCUT2D eigenvalue weighted by atomic mass is 16.4. The van der Waals surface area contributed by atoms with Crippen LogP contribution in [-0.2, 0) is 6.42 Å². The highest BCUT2D eigenvalue weighted by Gasteiger charge is 2.04. The number of hydrogen-bond acceptors (Lipinski definition) is 5. The van der Waals surface area contributed by atoms with Gasteiger partial charge in [-0.2, -0.15) is 4.98 Å². The normalized spacial score (nSPS) is 10.2. The Labute approximate surface area is 123 Å². The summed E-state index contributed by atoms with van der Waals surface area (Å²) in [6.07, 6.45) is 2.43. The van der Waals surface area contributed by atoms with E-state index in [-0.39, 0.29) is 0 Å². The fraction of sp³-hybridized carbons (Fsp3) is 0.267. The second-order valence-corrected chi connectivity index (χ2v) is 4.82. The van der Waals surface area contributed by atoms with Crippen molar-refractivity contribution in [2.45, 2.75) is 6.42 Å². The number of nitrogens with one attached hydrogen (secondary N) is 1. The summed E-state index contributed by atoms with van der Waals surface area (Å²) in [5.74, 6) is 0.493. The Morgan fingerprint density at radius 2 is 2.14 bits per heavy atom. The smallest absolute Gasteiger partial charge is 0.335 e. The number of carboxylic acid groups (broad SMARTS) is 1. The number of benzene rings is 1. The molecule has 6 heteroatoms. The van der Waals surface area contributed by atoms with Crippen molar-refractivity contribution in [3.63, 3.8) is 0 Å². The lowest BCUT2D eigenvalue weighted by atomic mass is 10.1. The van der Waals surface area contributed by atoms with E-state index in [9.17, 15) is 4.79 Å². The van der Waals surface area contributed by atoms with Crippen molar-refractivity contribution in [3.8, 4) is 0 Å². The van der Waals surface area contributed by atoms with Crippen molar-refractivity contribution in [3.05, 3.63) is 47.7 Å². The van der Waals surface area contributed by atoms with Gasteiger partial charge >= 0.3 is 5.97 Å². The molecular formula is C15H18N4O2. The van der Waals surface area contributed by atoms with E-state index in [0.29, 0.717) is 18.1 Å². The maximum atomic E-state index is 10.9. The van der Waals surface area contributed by atoms with Crippen LogP contribution in [0.15, 0.2) is 36.5 Å². The zero-order valence-corrected chi connectivity index (χ0v) is 12.1. The van der Waals surface area contributed by atoms with Crippen LogP contribution in [-0.4, -0.2) is 41.7 Å². The van der Waals surface area contributed by atoms with Gasteiger partial charge in [0, 0.05) is 26.8 Å². The molecule has 0 unspecified atom stereocenters. The summed E-state index contributed by atoms with van der Waals surface area (Å²) in [5, 5.41) is 12.2. The lowest BCUT2D eigenvalue weighted by molar-refractivity contribution is 0.0697. The number of nitrogens with zero attached hydrogens (tertiary/aromatic N) is 3. The first kappa shape index (κ1) is 14.8. The molecule has 0 aliphatic rings. The summed E-state index contributed by atoms with van der Waals surface area (Å²) in [6.45, 7) is 0.674. The van der Waals surface area contributed by atoms with Gasteiger partial charge in [-0.05, 0) is 30.2 Å². The predicted octanol–water partition coefficient (Wildman–Crippen LogP) is 1.90. The van der Waals surface area contributed by atoms with Crippen LogP contribution in [0.3, 0.4) is 0 Å². The third-order valence-corrected chi connectivity index (χ3v) is 2.94. The minimum atomic E-state index is -0.906. The topological polar surface area (TPSA) is 78.4 Å². The first-order valence-corrected chi connectivity index (χ1v) is 6.63. The van der Waals surface area contributed by atoms with Crippen LogP contribution in [0.25, 0.3) is 0 Å². The van der Waals surface area contributed by atoms with E-state index in [1.807, 2.05) is 25.1 Å². The fourth-order valence-corrected chi connectivity index (χ4v) is 1.86. The molecule has 1 aromatic carbocycles. The van der Waals surface area contributed by atoms with Gasteiger partial charge in [-0.25, -0.2) is 9.78 Å². The van der Waals surface area contributed by atoms with Gasteiger partial charge in [0.25, 0.3) is 0 Å². The van der Waals surface area contributed by atoms with Gasteiger partial charge < -0.3 is 15.3 Å². The number of aromatic carboxylic acids is 1. The third-order valence-electron chi connectivity index (χ3n) is 2.94. The predicted molar refractivity (Wildman–Crippen MR) is 82.0 cm³/mol. The van der Waals surface area contributed by atoms with Gasteiger partial charge in [-0.1, -0.05) is 12.1 Å². The lowest BCUT2D eigenvalue weighted by Gasteiger charge is -2.11. The maximum Gasteiger partial charge on any atom is 0.335 e. The Morgan fingerprint density at radius 3 is 2.86 bits per heavy atom. The molecule has 0 radical (unpaired) electrons. The molecular weight excluding hydrogens is 268 g/mol. The fourth-order valence-electron chi connectivity index (χ4n) is 1.86. The van der Waals surface area contributed by atoms with Crippen LogP contribution >= 0.6 is 0 Å². The number of anilines is 2. The molecule has 2 N–H and O–H groups in total. The van der Waals surface area contributed by atoms with E-state index >= 15 is 0 Å². The van der Waals surface area contributed by atoms with Gasteiger partial charge in [-0.3, -0.25) is 0 Å². The SMILES string of the molecule is CN(C)c1nccc(NCCc2cccc(C(=O)O)c2)n1. The van der Waals surface area contributed by atoms with Crippen molar-refractivity contribution < 1.29 is 9.90 Å². The minimum absolute atomic E-state index is 0.310. The Balaban J connectivity index is 1.94. The first-order chi connectivity index (χ1) is 10.1. The zero-order valence-electron chi connectivity index (χ0n) is 12.1. The molecule has 110 valence electrons. The molecule has 6 nitrogen and oxygen atoms in total. The largest absolute Gasteiger partial charge is 0.478 e. The lowest BCUT2D eigenvalue weighted by Crippen LogP contribution is -2.14. The van der Waals surface area contributed by atoms with Crippen molar-refractivity contribution in [1.29, 1.82) is 0 Å². The molecule has 0 atom stereocenters. The number of carbonyl (C=O) groups is 1. The molecule has 0 amide bonds. The van der Waals surface area contributed by atoms with Crippen molar-refractivity contribution in [2.24, 2.45) is 0 Å². The molecule has 0 aliphatic carbocycles. The highest BCUT2D eigenvalue weighted by molar-refractivity contribution is 5.87. The average molecular weight is 286 g/mol. The van der Waals surface area contributed by atoms with Crippen molar-refractivity contribution >= 4 is 17.7 Å². The van der Waals surface area contributed by atoms with E-state index in [4.69, 9.17) is 5.11 Å². The molecule has 0 saturated carbocycles. The quantitative estimate of drug-likeness (QED) is 0.844. The molecule has 2 rings (SSSR count). The number of rotatable bonds is 6. The summed E-state index contributed by atoms with van der Waals surface area (Å²) >= 11 is 0. The molecule has 0 bridgehead atoms. The van der Waals surface area contributed by atoms with Crippen LogP contribution in [0, 0.1) is 0 Å². The van der Waals surface area contributed by atoms with Crippen LogP contribution in [0.5, 0.6) is 0 Å². The van der Waals surface area contributed by atoms with Crippen LogP contribution in [0.1, 0.15) is 15.9 Å². The second kappa shape index (κ2) is 6.69. The molecule has 1 aromatic heterocycles. The molecule has 1 heterocycles. The summed E-state index contributed by atoms with van der Waals surface area (Å²) in [5.41, 5.74) is 1.29. The third kappa shape index (κ3) is 4.17.